The number of aromatic nitrogens is 4. The molecule has 1 aliphatic rings. The van der Waals surface area contributed by atoms with Gasteiger partial charge in [-0.05, 0) is 49.6 Å². The number of anilines is 2. The molecule has 2 N–H and O–H groups in total. The molecular formula is C28H35N7O. The van der Waals surface area contributed by atoms with E-state index in [4.69, 9.17) is 25.5 Å². The Morgan fingerprint density at radius 2 is 1.64 bits per heavy atom. The number of piperazine rings is 1. The molecule has 3 heterocycles. The first kappa shape index (κ1) is 24.1. The molecule has 8 nitrogen and oxygen atoms in total. The Labute approximate surface area is 212 Å². The lowest BCUT2D eigenvalue weighted by atomic mass is 10.0. The van der Waals surface area contributed by atoms with Crippen molar-refractivity contribution in [3.05, 3.63) is 54.1 Å². The van der Waals surface area contributed by atoms with E-state index < -0.39 is 0 Å². The van der Waals surface area contributed by atoms with Crippen molar-refractivity contribution in [3.63, 3.8) is 0 Å². The first-order chi connectivity index (χ1) is 17.4. The summed E-state index contributed by atoms with van der Waals surface area (Å²) in [4.78, 5) is 14.7. The normalized spacial score (nSPS) is 14.8. The van der Waals surface area contributed by atoms with Gasteiger partial charge in [0.15, 0.2) is 5.65 Å². The van der Waals surface area contributed by atoms with Gasteiger partial charge in [0.1, 0.15) is 11.6 Å². The molecule has 0 unspecified atom stereocenters. The topological polar surface area (TPSA) is 85.3 Å². The number of methoxy groups -OCH3 is 1. The van der Waals surface area contributed by atoms with Gasteiger partial charge >= 0.3 is 0 Å². The third kappa shape index (κ3) is 4.48. The molecule has 2 aromatic carbocycles. The molecular weight excluding hydrogens is 450 g/mol. The van der Waals surface area contributed by atoms with Gasteiger partial charge in [0.25, 0.3) is 0 Å². The Kier molecular flexibility index (Phi) is 6.53. The molecule has 0 saturated carbocycles. The van der Waals surface area contributed by atoms with E-state index in [0.29, 0.717) is 29.4 Å². The Morgan fingerprint density at radius 1 is 0.917 bits per heavy atom. The van der Waals surface area contributed by atoms with E-state index >= 15 is 0 Å². The summed E-state index contributed by atoms with van der Waals surface area (Å²) in [5.41, 5.74) is 11.2. The van der Waals surface area contributed by atoms with Crippen LogP contribution in [-0.2, 0) is 0 Å². The van der Waals surface area contributed by atoms with E-state index in [2.05, 4.69) is 61.8 Å². The Morgan fingerprint density at radius 3 is 2.28 bits per heavy atom. The summed E-state index contributed by atoms with van der Waals surface area (Å²) in [7, 11) is 1.67. The number of fused-ring (bicyclic) bond motifs is 1. The standard InChI is InChI=1S/C28H35N7O/c1-18(2)20-9-11-22(12-10-20)35-26(29)24-25(21-7-6-8-23(17-21)36-5)30-28(31-27(24)32-35)34-15-13-33(14-16-34)19(3)4/h6-12,17-19H,13-16,29H2,1-5H3. The van der Waals surface area contributed by atoms with Gasteiger partial charge in [-0.1, -0.05) is 38.1 Å². The van der Waals surface area contributed by atoms with Crippen molar-refractivity contribution in [2.75, 3.05) is 43.9 Å². The van der Waals surface area contributed by atoms with E-state index in [1.807, 2.05) is 24.3 Å². The zero-order chi connectivity index (χ0) is 25.4. The van der Waals surface area contributed by atoms with Gasteiger partial charge in [-0.2, -0.15) is 4.98 Å². The predicted octanol–water partition coefficient (Wildman–Crippen LogP) is 4.73. The Bertz CT molecular complexity index is 1350. The highest BCUT2D eigenvalue weighted by atomic mass is 16.5. The molecule has 1 aliphatic heterocycles. The average molecular weight is 486 g/mol. The molecule has 0 amide bonds. The molecule has 8 heteroatoms. The minimum absolute atomic E-state index is 0.456. The first-order valence-corrected chi connectivity index (χ1v) is 12.7. The maximum absolute atomic E-state index is 6.73. The fourth-order valence-corrected chi connectivity index (χ4v) is 4.76. The van der Waals surface area contributed by atoms with Crippen molar-refractivity contribution >= 4 is 22.8 Å². The van der Waals surface area contributed by atoms with Crippen LogP contribution in [0.1, 0.15) is 39.2 Å². The molecule has 1 saturated heterocycles. The van der Waals surface area contributed by atoms with Crippen molar-refractivity contribution in [1.82, 2.24) is 24.6 Å². The zero-order valence-electron chi connectivity index (χ0n) is 21.8. The first-order valence-electron chi connectivity index (χ1n) is 12.7. The number of rotatable bonds is 6. The van der Waals surface area contributed by atoms with Crippen molar-refractivity contribution < 1.29 is 4.74 Å². The Hall–Kier alpha value is -3.65. The number of nitrogens with zero attached hydrogens (tertiary/aromatic N) is 6. The maximum Gasteiger partial charge on any atom is 0.228 e. The second-order valence-electron chi connectivity index (χ2n) is 9.96. The van der Waals surface area contributed by atoms with Gasteiger partial charge in [-0.15, -0.1) is 5.10 Å². The third-order valence-electron chi connectivity index (χ3n) is 7.03. The van der Waals surface area contributed by atoms with Crippen LogP contribution in [-0.4, -0.2) is 64.0 Å². The van der Waals surface area contributed by atoms with Gasteiger partial charge in [-0.3, -0.25) is 4.90 Å². The molecule has 1 fully saturated rings. The predicted molar refractivity (Wildman–Crippen MR) is 146 cm³/mol. The fraction of sp³-hybridized carbons (Fsp3) is 0.393. The number of nitrogen functional groups attached to an aromatic ring is 1. The molecule has 188 valence electrons. The molecule has 36 heavy (non-hydrogen) atoms. The van der Waals surface area contributed by atoms with Crippen molar-refractivity contribution in [1.29, 1.82) is 0 Å². The van der Waals surface area contributed by atoms with E-state index in [1.54, 1.807) is 11.8 Å². The van der Waals surface area contributed by atoms with E-state index in [-0.39, 0.29) is 0 Å². The molecule has 0 spiro atoms. The molecule has 0 aliphatic carbocycles. The van der Waals surface area contributed by atoms with Crippen molar-refractivity contribution in [2.24, 2.45) is 0 Å². The summed E-state index contributed by atoms with van der Waals surface area (Å²) < 4.78 is 7.26. The van der Waals surface area contributed by atoms with Crippen LogP contribution in [0.15, 0.2) is 48.5 Å². The van der Waals surface area contributed by atoms with Gasteiger partial charge < -0.3 is 15.4 Å². The fourth-order valence-electron chi connectivity index (χ4n) is 4.76. The third-order valence-corrected chi connectivity index (χ3v) is 7.03. The number of ether oxygens (including phenoxy) is 1. The lowest BCUT2D eigenvalue weighted by Gasteiger charge is -2.36. The maximum atomic E-state index is 6.73. The lowest BCUT2D eigenvalue weighted by Crippen LogP contribution is -2.49. The molecule has 0 atom stereocenters. The summed E-state index contributed by atoms with van der Waals surface area (Å²) >= 11 is 0. The second kappa shape index (κ2) is 9.78. The van der Waals surface area contributed by atoms with Crippen molar-refractivity contribution in [2.45, 2.75) is 39.7 Å². The molecule has 4 aromatic rings. The highest BCUT2D eigenvalue weighted by Gasteiger charge is 2.25. The highest BCUT2D eigenvalue weighted by molar-refractivity contribution is 5.99. The van der Waals surface area contributed by atoms with Crippen LogP contribution in [0.3, 0.4) is 0 Å². The second-order valence-corrected chi connectivity index (χ2v) is 9.96. The smallest absolute Gasteiger partial charge is 0.228 e. The van der Waals surface area contributed by atoms with Crippen molar-refractivity contribution in [3.8, 4) is 22.7 Å². The Balaban J connectivity index is 1.63. The largest absolute Gasteiger partial charge is 0.497 e. The van der Waals surface area contributed by atoms with Crippen LogP contribution in [0, 0.1) is 0 Å². The average Bonchev–Trinajstić information content (AvgIpc) is 3.24. The van der Waals surface area contributed by atoms with Gasteiger partial charge in [-0.25, -0.2) is 9.67 Å². The van der Waals surface area contributed by atoms with E-state index in [1.165, 1.54) is 5.56 Å². The minimum Gasteiger partial charge on any atom is -0.497 e. The monoisotopic (exact) mass is 485 g/mol. The summed E-state index contributed by atoms with van der Waals surface area (Å²) in [6, 6.07) is 16.8. The summed E-state index contributed by atoms with van der Waals surface area (Å²) in [5, 5.41) is 5.61. The molecule has 5 rings (SSSR count). The molecule has 2 aromatic heterocycles. The van der Waals surface area contributed by atoms with Crippen LogP contribution in [0.2, 0.25) is 0 Å². The number of hydrogen-bond donors (Lipinski definition) is 1. The van der Waals surface area contributed by atoms with Gasteiger partial charge in [0, 0.05) is 37.8 Å². The zero-order valence-corrected chi connectivity index (χ0v) is 21.8. The number of benzene rings is 2. The summed E-state index contributed by atoms with van der Waals surface area (Å²) in [6.07, 6.45) is 0. The quantitative estimate of drug-likeness (QED) is 0.423. The van der Waals surface area contributed by atoms with Crippen LogP contribution in [0.25, 0.3) is 28.0 Å². The number of nitrogens with two attached hydrogens (primary N) is 1. The highest BCUT2D eigenvalue weighted by Crippen LogP contribution is 2.35. The van der Waals surface area contributed by atoms with E-state index in [0.717, 1.165) is 54.3 Å². The van der Waals surface area contributed by atoms with Crippen LogP contribution >= 0.6 is 0 Å². The molecule has 0 bridgehead atoms. The van der Waals surface area contributed by atoms with Crippen LogP contribution < -0.4 is 15.4 Å². The van der Waals surface area contributed by atoms with Gasteiger partial charge in [0.2, 0.25) is 5.95 Å². The minimum atomic E-state index is 0.456. The van der Waals surface area contributed by atoms with Gasteiger partial charge in [0.05, 0.1) is 23.9 Å². The summed E-state index contributed by atoms with van der Waals surface area (Å²) in [6.45, 7) is 12.5. The lowest BCUT2D eigenvalue weighted by molar-refractivity contribution is 0.208. The molecule has 0 radical (unpaired) electrons. The SMILES string of the molecule is COc1cccc(-c2nc(N3CCN(C(C)C)CC3)nc3nn(-c4ccc(C(C)C)cc4)c(N)c23)c1. The van der Waals surface area contributed by atoms with Crippen LogP contribution in [0.5, 0.6) is 5.75 Å². The number of hydrogen-bond acceptors (Lipinski definition) is 7. The summed E-state index contributed by atoms with van der Waals surface area (Å²) in [5.74, 6) is 2.43. The van der Waals surface area contributed by atoms with E-state index in [9.17, 15) is 0 Å². The van der Waals surface area contributed by atoms with Crippen LogP contribution in [0.4, 0.5) is 11.8 Å².